The molecule has 1 heterocycles. The number of halogens is 4. The Morgan fingerprint density at radius 1 is 0.947 bits per heavy atom. The Morgan fingerprint density at radius 3 is 2.26 bits per heavy atom. The third-order valence-corrected chi connectivity index (χ3v) is 6.49. The molecule has 4 rings (SSSR count). The lowest BCUT2D eigenvalue weighted by molar-refractivity contribution is -0.137. The van der Waals surface area contributed by atoms with Gasteiger partial charge in [-0.15, -0.1) is 10.2 Å². The predicted octanol–water partition coefficient (Wildman–Crippen LogP) is 5.66. The predicted molar refractivity (Wildman–Crippen MR) is 133 cm³/mol. The number of alkyl halides is 3. The van der Waals surface area contributed by atoms with E-state index < -0.39 is 23.5 Å². The fourth-order valence-electron chi connectivity index (χ4n) is 3.53. The van der Waals surface area contributed by atoms with E-state index in [0.29, 0.717) is 45.0 Å². The van der Waals surface area contributed by atoms with Crippen molar-refractivity contribution in [2.45, 2.75) is 23.6 Å². The number of thioether (sulfide) groups is 1. The molecule has 1 amide bonds. The lowest BCUT2D eigenvalue weighted by atomic mass is 10.1. The molecule has 1 N–H and O–H groups in total. The van der Waals surface area contributed by atoms with E-state index in [2.05, 4.69) is 15.5 Å². The third kappa shape index (κ3) is 6.25. The van der Waals surface area contributed by atoms with E-state index in [0.717, 1.165) is 12.1 Å². The van der Waals surface area contributed by atoms with Gasteiger partial charge in [-0.3, -0.25) is 9.36 Å². The second kappa shape index (κ2) is 11.5. The first-order valence-corrected chi connectivity index (χ1v) is 12.2. The molecule has 12 heteroatoms. The third-order valence-electron chi connectivity index (χ3n) is 5.49. The van der Waals surface area contributed by atoms with Gasteiger partial charge in [0.15, 0.2) is 22.5 Å². The van der Waals surface area contributed by atoms with E-state index in [1.807, 2.05) is 0 Å². The van der Waals surface area contributed by atoms with Gasteiger partial charge in [0.2, 0.25) is 0 Å². The SMILES string of the molecule is COc1ccc(C(=O)NCc2nnc(SCc3ccc(C(F)(F)F)cc3)n2-c2ccc(F)cc2)cc1OC. The number of methoxy groups -OCH3 is 2. The molecule has 0 fully saturated rings. The van der Waals surface area contributed by atoms with Crippen LogP contribution >= 0.6 is 11.8 Å². The maximum Gasteiger partial charge on any atom is 0.416 e. The van der Waals surface area contributed by atoms with Crippen LogP contribution in [0.25, 0.3) is 5.69 Å². The molecule has 0 bridgehead atoms. The number of ether oxygens (including phenoxy) is 2. The molecule has 198 valence electrons. The maximum atomic E-state index is 13.6. The van der Waals surface area contributed by atoms with Crippen LogP contribution < -0.4 is 14.8 Å². The fraction of sp³-hybridized carbons (Fsp3) is 0.192. The Balaban J connectivity index is 1.54. The van der Waals surface area contributed by atoms with Crippen molar-refractivity contribution in [3.05, 3.63) is 95.1 Å². The summed E-state index contributed by atoms with van der Waals surface area (Å²) in [4.78, 5) is 12.8. The minimum absolute atomic E-state index is 0.00159. The smallest absolute Gasteiger partial charge is 0.416 e. The van der Waals surface area contributed by atoms with Crippen LogP contribution in [-0.2, 0) is 18.5 Å². The van der Waals surface area contributed by atoms with Crippen molar-refractivity contribution in [1.82, 2.24) is 20.1 Å². The highest BCUT2D eigenvalue weighted by Gasteiger charge is 2.30. The second-order valence-electron chi connectivity index (χ2n) is 7.95. The number of hydrogen-bond acceptors (Lipinski definition) is 6. The van der Waals surface area contributed by atoms with Crippen molar-refractivity contribution in [2.75, 3.05) is 14.2 Å². The molecule has 0 atom stereocenters. The zero-order chi connectivity index (χ0) is 27.3. The van der Waals surface area contributed by atoms with Gasteiger partial charge in [-0.2, -0.15) is 13.2 Å². The Morgan fingerprint density at radius 2 is 1.63 bits per heavy atom. The van der Waals surface area contributed by atoms with Crippen LogP contribution in [0.3, 0.4) is 0 Å². The van der Waals surface area contributed by atoms with Crippen LogP contribution in [0, 0.1) is 5.82 Å². The van der Waals surface area contributed by atoms with Crippen molar-refractivity contribution in [1.29, 1.82) is 0 Å². The molecule has 3 aromatic carbocycles. The van der Waals surface area contributed by atoms with Crippen LogP contribution in [0.15, 0.2) is 71.9 Å². The number of rotatable bonds is 9. The van der Waals surface area contributed by atoms with Gasteiger partial charge in [-0.1, -0.05) is 23.9 Å². The summed E-state index contributed by atoms with van der Waals surface area (Å²) in [6, 6.07) is 15.3. The zero-order valence-corrected chi connectivity index (χ0v) is 21.1. The Kier molecular flexibility index (Phi) is 8.20. The van der Waals surface area contributed by atoms with Crippen LogP contribution in [0.2, 0.25) is 0 Å². The summed E-state index contributed by atoms with van der Waals surface area (Å²) in [6.45, 7) is -0.00159. The fourth-order valence-corrected chi connectivity index (χ4v) is 4.46. The van der Waals surface area contributed by atoms with Gasteiger partial charge in [-0.05, 0) is 60.2 Å². The minimum Gasteiger partial charge on any atom is -0.493 e. The van der Waals surface area contributed by atoms with Gasteiger partial charge in [0.25, 0.3) is 5.91 Å². The summed E-state index contributed by atoms with van der Waals surface area (Å²) in [5.41, 5.74) is 0.822. The van der Waals surface area contributed by atoms with Gasteiger partial charge < -0.3 is 14.8 Å². The number of hydrogen-bond donors (Lipinski definition) is 1. The van der Waals surface area contributed by atoms with Crippen molar-refractivity contribution < 1.29 is 31.8 Å². The summed E-state index contributed by atoms with van der Waals surface area (Å²) >= 11 is 1.24. The molecule has 1 aromatic heterocycles. The minimum atomic E-state index is -4.41. The van der Waals surface area contributed by atoms with Crippen molar-refractivity contribution in [2.24, 2.45) is 0 Å². The molecule has 0 aliphatic rings. The molecule has 38 heavy (non-hydrogen) atoms. The number of carbonyl (C=O) groups is 1. The molecule has 0 spiro atoms. The normalized spacial score (nSPS) is 11.3. The van der Waals surface area contributed by atoms with Gasteiger partial charge in [0.05, 0.1) is 26.3 Å². The maximum absolute atomic E-state index is 13.6. The zero-order valence-electron chi connectivity index (χ0n) is 20.3. The Bertz CT molecular complexity index is 1410. The highest BCUT2D eigenvalue weighted by Crippen LogP contribution is 2.31. The van der Waals surface area contributed by atoms with E-state index in [1.54, 1.807) is 34.9 Å². The monoisotopic (exact) mass is 546 g/mol. The summed E-state index contributed by atoms with van der Waals surface area (Å²) in [6.07, 6.45) is -4.41. The number of aromatic nitrogens is 3. The van der Waals surface area contributed by atoms with E-state index >= 15 is 0 Å². The summed E-state index contributed by atoms with van der Waals surface area (Å²) in [7, 11) is 2.96. The molecular formula is C26H22F4N4O3S. The van der Waals surface area contributed by atoms with E-state index in [1.165, 1.54) is 50.2 Å². The molecular weight excluding hydrogens is 524 g/mol. The van der Waals surface area contributed by atoms with Crippen LogP contribution in [-0.4, -0.2) is 34.9 Å². The number of nitrogens with zero attached hydrogens (tertiary/aromatic N) is 3. The van der Waals surface area contributed by atoms with Gasteiger partial charge in [-0.25, -0.2) is 4.39 Å². The van der Waals surface area contributed by atoms with E-state index in [-0.39, 0.29) is 6.54 Å². The van der Waals surface area contributed by atoms with E-state index in [9.17, 15) is 22.4 Å². The number of carbonyl (C=O) groups excluding carboxylic acids is 1. The molecule has 0 saturated carbocycles. The molecule has 0 aliphatic carbocycles. The first kappa shape index (κ1) is 27.0. The highest BCUT2D eigenvalue weighted by atomic mass is 32.2. The second-order valence-corrected chi connectivity index (χ2v) is 8.89. The van der Waals surface area contributed by atoms with Crippen molar-refractivity contribution in [3.8, 4) is 17.2 Å². The van der Waals surface area contributed by atoms with Gasteiger partial charge >= 0.3 is 6.18 Å². The molecule has 0 unspecified atom stereocenters. The highest BCUT2D eigenvalue weighted by molar-refractivity contribution is 7.98. The molecule has 0 radical (unpaired) electrons. The lowest BCUT2D eigenvalue weighted by Gasteiger charge is -2.12. The summed E-state index contributed by atoms with van der Waals surface area (Å²) in [5, 5.41) is 11.6. The summed E-state index contributed by atoms with van der Waals surface area (Å²) < 4.78 is 64.2. The van der Waals surface area contributed by atoms with Crippen molar-refractivity contribution in [3.63, 3.8) is 0 Å². The Labute approximate surface area is 219 Å². The molecule has 7 nitrogen and oxygen atoms in total. The average Bonchev–Trinajstić information content (AvgIpc) is 3.33. The molecule has 4 aromatic rings. The first-order valence-electron chi connectivity index (χ1n) is 11.2. The Hall–Kier alpha value is -4.06. The first-order chi connectivity index (χ1) is 18.2. The molecule has 0 saturated heterocycles. The van der Waals surface area contributed by atoms with Gasteiger partial charge in [0, 0.05) is 17.0 Å². The van der Waals surface area contributed by atoms with Crippen molar-refractivity contribution >= 4 is 17.7 Å². The van der Waals surface area contributed by atoms with Crippen LogP contribution in [0.1, 0.15) is 27.3 Å². The summed E-state index contributed by atoms with van der Waals surface area (Å²) in [5.74, 6) is 0.754. The van der Waals surface area contributed by atoms with Gasteiger partial charge in [0.1, 0.15) is 5.82 Å². The van der Waals surface area contributed by atoms with Crippen LogP contribution in [0.4, 0.5) is 17.6 Å². The number of nitrogens with one attached hydrogen (secondary N) is 1. The largest absolute Gasteiger partial charge is 0.493 e. The standard InChI is InChI=1S/C26H22F4N4O3S/c1-36-21-12-5-17(13-22(21)37-2)24(35)31-14-23-32-33-25(34(23)20-10-8-19(27)9-11-20)38-15-16-3-6-18(7-4-16)26(28,29)30/h3-13H,14-15H2,1-2H3,(H,31,35). The lowest BCUT2D eigenvalue weighted by Crippen LogP contribution is -2.24. The topological polar surface area (TPSA) is 78.3 Å². The van der Waals surface area contributed by atoms with Crippen LogP contribution in [0.5, 0.6) is 11.5 Å². The average molecular weight is 547 g/mol. The molecule has 0 aliphatic heterocycles. The number of benzene rings is 3. The van der Waals surface area contributed by atoms with E-state index in [4.69, 9.17) is 9.47 Å². The quantitative estimate of drug-likeness (QED) is 0.216. The number of amides is 1.